The number of hydrogen-bond acceptors (Lipinski definition) is 3. The minimum Gasteiger partial charge on any atom is -0.303 e. The molecule has 0 aliphatic rings. The summed E-state index contributed by atoms with van der Waals surface area (Å²) in [6, 6.07) is 9.49. The van der Waals surface area contributed by atoms with Crippen LogP contribution < -0.4 is 0 Å². The van der Waals surface area contributed by atoms with Crippen LogP contribution in [0.4, 0.5) is 0 Å². The van der Waals surface area contributed by atoms with Crippen molar-refractivity contribution < 1.29 is 0 Å². The highest BCUT2D eigenvalue weighted by molar-refractivity contribution is 7.79. The third-order valence-corrected chi connectivity index (χ3v) is 2.22. The topological polar surface area (TPSA) is 47.6 Å². The van der Waals surface area contributed by atoms with E-state index in [9.17, 15) is 0 Å². The molecular weight excluding hydrogens is 192 g/mol. The molecule has 0 heterocycles. The number of nitrogens with zero attached hydrogens (tertiary/aromatic N) is 1. The van der Waals surface area contributed by atoms with E-state index in [0.717, 1.165) is 11.1 Å². The Labute approximate surface area is 88.7 Å². The summed E-state index contributed by atoms with van der Waals surface area (Å²) in [5, 5.41) is 17.8. The van der Waals surface area contributed by atoms with Crippen LogP contribution in [0.5, 0.6) is 0 Å². The fourth-order valence-corrected chi connectivity index (χ4v) is 1.27. The summed E-state index contributed by atoms with van der Waals surface area (Å²) in [5.41, 5.74) is 2.16. The number of aryl methyl sites for hydroxylation is 1. The van der Waals surface area contributed by atoms with E-state index in [1.807, 2.05) is 37.3 Å². The summed E-state index contributed by atoms with van der Waals surface area (Å²) in [7, 11) is 0. The van der Waals surface area contributed by atoms with Crippen molar-refractivity contribution >= 4 is 23.3 Å². The quantitative estimate of drug-likeness (QED) is 0.604. The molecule has 3 heteroatoms. The maximum absolute atomic E-state index is 8.72. The molecule has 1 unspecified atom stereocenters. The van der Waals surface area contributed by atoms with Crippen LogP contribution in [0.15, 0.2) is 24.3 Å². The molecule has 1 aromatic rings. The normalized spacial score (nSPS) is 11.4. The average Bonchev–Trinajstić information content (AvgIpc) is 2.20. The van der Waals surface area contributed by atoms with Crippen LogP contribution in [0.3, 0.4) is 0 Å². The minimum atomic E-state index is -0.590. The molecule has 0 amide bonds. The van der Waals surface area contributed by atoms with Crippen LogP contribution in [-0.4, -0.2) is 11.1 Å². The largest absolute Gasteiger partial charge is 0.303 e. The average molecular weight is 202 g/mol. The van der Waals surface area contributed by atoms with Gasteiger partial charge < -0.3 is 5.41 Å². The van der Waals surface area contributed by atoms with E-state index in [2.05, 4.69) is 12.2 Å². The SMILES string of the molecule is Cc1ccc(C(=N)C(C#N)C=S)cc1. The molecule has 1 rings (SSSR count). The first-order valence-corrected chi connectivity index (χ1v) is 4.66. The number of hydrogen-bond donors (Lipinski definition) is 1. The smallest absolute Gasteiger partial charge is 0.116 e. The van der Waals surface area contributed by atoms with E-state index in [4.69, 9.17) is 10.7 Å². The summed E-state index contributed by atoms with van der Waals surface area (Å²) in [6.07, 6.45) is 0. The summed E-state index contributed by atoms with van der Waals surface area (Å²) >= 11 is 4.69. The molecule has 1 N–H and O–H groups in total. The number of benzene rings is 1. The molecule has 70 valence electrons. The lowest BCUT2D eigenvalue weighted by molar-refractivity contribution is 1.21. The number of nitriles is 1. The lowest BCUT2D eigenvalue weighted by atomic mass is 9.99. The van der Waals surface area contributed by atoms with Crippen LogP contribution in [-0.2, 0) is 0 Å². The lowest BCUT2D eigenvalue weighted by Gasteiger charge is -2.05. The maximum atomic E-state index is 8.72. The number of rotatable bonds is 3. The minimum absolute atomic E-state index is 0.266. The molecule has 0 saturated carbocycles. The van der Waals surface area contributed by atoms with E-state index in [1.165, 1.54) is 5.37 Å². The first-order valence-electron chi connectivity index (χ1n) is 4.19. The van der Waals surface area contributed by atoms with E-state index < -0.39 is 5.92 Å². The standard InChI is InChI=1S/C11H10N2S/c1-8-2-4-9(5-3-8)11(13)10(6-12)7-14/h2-5,7,10,13H,1H3. The maximum Gasteiger partial charge on any atom is 0.116 e. The molecular formula is C11H10N2S. The van der Waals surface area contributed by atoms with E-state index in [1.54, 1.807) is 0 Å². The van der Waals surface area contributed by atoms with Gasteiger partial charge in [0.05, 0.1) is 11.8 Å². The Balaban J connectivity index is 2.96. The van der Waals surface area contributed by atoms with Crippen molar-refractivity contribution in [2.45, 2.75) is 6.92 Å². The van der Waals surface area contributed by atoms with Gasteiger partial charge in [0.15, 0.2) is 0 Å². The molecule has 1 aromatic carbocycles. The third kappa shape index (κ3) is 2.24. The van der Waals surface area contributed by atoms with E-state index in [0.29, 0.717) is 0 Å². The van der Waals surface area contributed by atoms with E-state index >= 15 is 0 Å². The van der Waals surface area contributed by atoms with Gasteiger partial charge in [0.2, 0.25) is 0 Å². The molecule has 14 heavy (non-hydrogen) atoms. The number of thiocarbonyl (C=S) groups is 1. The van der Waals surface area contributed by atoms with Gasteiger partial charge in [-0.05, 0) is 12.5 Å². The van der Waals surface area contributed by atoms with Crippen LogP contribution in [0.1, 0.15) is 11.1 Å². The summed E-state index contributed by atoms with van der Waals surface area (Å²) in [4.78, 5) is 0. The predicted octanol–water partition coefficient (Wildman–Crippen LogP) is 2.50. The zero-order valence-corrected chi connectivity index (χ0v) is 8.64. The van der Waals surface area contributed by atoms with Crippen LogP contribution in [0.2, 0.25) is 0 Å². The summed E-state index contributed by atoms with van der Waals surface area (Å²) in [6.45, 7) is 1.98. The van der Waals surface area contributed by atoms with Gasteiger partial charge in [-0.2, -0.15) is 5.26 Å². The van der Waals surface area contributed by atoms with Crippen molar-refractivity contribution in [3.63, 3.8) is 0 Å². The molecule has 2 nitrogen and oxygen atoms in total. The van der Waals surface area contributed by atoms with Crippen molar-refractivity contribution in [3.05, 3.63) is 35.4 Å². The molecule has 0 bridgehead atoms. The fourth-order valence-electron chi connectivity index (χ4n) is 1.08. The van der Waals surface area contributed by atoms with Gasteiger partial charge in [-0.25, -0.2) is 0 Å². The Hall–Kier alpha value is -1.53. The van der Waals surface area contributed by atoms with Crippen molar-refractivity contribution in [2.24, 2.45) is 5.92 Å². The van der Waals surface area contributed by atoms with Gasteiger partial charge in [0, 0.05) is 5.37 Å². The van der Waals surface area contributed by atoms with Crippen LogP contribution in [0.25, 0.3) is 0 Å². The highest BCUT2D eigenvalue weighted by atomic mass is 32.1. The second kappa shape index (κ2) is 4.64. The van der Waals surface area contributed by atoms with Crippen LogP contribution >= 0.6 is 12.2 Å². The molecule has 0 spiro atoms. The molecule has 0 aromatic heterocycles. The van der Waals surface area contributed by atoms with Gasteiger partial charge >= 0.3 is 0 Å². The third-order valence-electron chi connectivity index (χ3n) is 1.95. The van der Waals surface area contributed by atoms with Crippen molar-refractivity contribution in [1.82, 2.24) is 0 Å². The van der Waals surface area contributed by atoms with E-state index in [-0.39, 0.29) is 5.71 Å². The molecule has 0 saturated heterocycles. The van der Waals surface area contributed by atoms with Gasteiger partial charge in [-0.3, -0.25) is 0 Å². The van der Waals surface area contributed by atoms with Crippen molar-refractivity contribution in [1.29, 1.82) is 10.7 Å². The predicted molar refractivity (Wildman–Crippen MR) is 60.8 cm³/mol. The molecule has 1 atom stereocenters. The Morgan fingerprint density at radius 2 is 2.07 bits per heavy atom. The Kier molecular flexibility index (Phi) is 3.49. The first kappa shape index (κ1) is 10.6. The Morgan fingerprint density at radius 1 is 1.50 bits per heavy atom. The Morgan fingerprint density at radius 3 is 2.50 bits per heavy atom. The van der Waals surface area contributed by atoms with Gasteiger partial charge in [0.25, 0.3) is 0 Å². The summed E-state index contributed by atoms with van der Waals surface area (Å²) in [5.74, 6) is -0.590. The highest BCUT2D eigenvalue weighted by Gasteiger charge is 2.11. The molecule has 0 aliphatic carbocycles. The fraction of sp³-hybridized carbons (Fsp3) is 0.182. The van der Waals surface area contributed by atoms with Crippen LogP contribution in [0, 0.1) is 29.6 Å². The zero-order valence-electron chi connectivity index (χ0n) is 7.82. The molecule has 0 aliphatic heterocycles. The van der Waals surface area contributed by atoms with Gasteiger partial charge in [-0.1, -0.05) is 42.0 Å². The second-order valence-electron chi connectivity index (χ2n) is 3.02. The van der Waals surface area contributed by atoms with Crippen molar-refractivity contribution in [3.8, 4) is 6.07 Å². The zero-order chi connectivity index (χ0) is 10.6. The van der Waals surface area contributed by atoms with Crippen molar-refractivity contribution in [2.75, 3.05) is 0 Å². The van der Waals surface area contributed by atoms with Gasteiger partial charge in [0.1, 0.15) is 5.92 Å². The van der Waals surface area contributed by atoms with Gasteiger partial charge in [-0.15, -0.1) is 0 Å². The first-order chi connectivity index (χ1) is 6.69. The number of nitrogens with one attached hydrogen (secondary N) is 1. The second-order valence-corrected chi connectivity index (χ2v) is 3.29. The monoisotopic (exact) mass is 202 g/mol. The Bertz CT molecular complexity index is 387. The molecule has 0 radical (unpaired) electrons. The molecule has 0 fully saturated rings. The lowest BCUT2D eigenvalue weighted by Crippen LogP contribution is -2.13. The highest BCUT2D eigenvalue weighted by Crippen LogP contribution is 2.08. The summed E-state index contributed by atoms with van der Waals surface area (Å²) < 4.78 is 0.